The summed E-state index contributed by atoms with van der Waals surface area (Å²) < 4.78 is 0. The van der Waals surface area contributed by atoms with Crippen LogP contribution in [0.3, 0.4) is 0 Å². The Morgan fingerprint density at radius 2 is 2.15 bits per heavy atom. The van der Waals surface area contributed by atoms with Gasteiger partial charge in [0.05, 0.1) is 5.92 Å². The standard InChI is InChI=1S/C10H16O3/c1-6-3-4-8(9(11)5-6)7(2)10(12)13/h6-8H,3-5H2,1-2H3,(H,12,13)/t6-,7?,8+/m1/s1. The van der Waals surface area contributed by atoms with Gasteiger partial charge in [-0.25, -0.2) is 0 Å². The molecule has 1 saturated carbocycles. The SMILES string of the molecule is CC(C(=O)O)[C@@H]1CC[C@@H](C)CC1=O. The summed E-state index contributed by atoms with van der Waals surface area (Å²) in [7, 11) is 0. The Labute approximate surface area is 78.1 Å². The van der Waals surface area contributed by atoms with Crippen molar-refractivity contribution < 1.29 is 14.7 Å². The molecule has 3 atom stereocenters. The second-order valence-electron chi connectivity index (χ2n) is 4.09. The highest BCUT2D eigenvalue weighted by molar-refractivity contribution is 5.86. The van der Waals surface area contributed by atoms with Gasteiger partial charge in [0.2, 0.25) is 0 Å². The van der Waals surface area contributed by atoms with Crippen molar-refractivity contribution >= 4 is 11.8 Å². The van der Waals surface area contributed by atoms with Crippen molar-refractivity contribution in [3.8, 4) is 0 Å². The van der Waals surface area contributed by atoms with Crippen LogP contribution in [0, 0.1) is 17.8 Å². The van der Waals surface area contributed by atoms with Crippen LogP contribution in [0.4, 0.5) is 0 Å². The maximum absolute atomic E-state index is 11.5. The van der Waals surface area contributed by atoms with E-state index in [1.807, 2.05) is 6.92 Å². The molecule has 0 aliphatic heterocycles. The molecular weight excluding hydrogens is 168 g/mol. The van der Waals surface area contributed by atoms with Gasteiger partial charge in [-0.15, -0.1) is 0 Å². The fourth-order valence-corrected chi connectivity index (χ4v) is 1.92. The number of hydrogen-bond donors (Lipinski definition) is 1. The third-order valence-electron chi connectivity index (χ3n) is 2.93. The topological polar surface area (TPSA) is 54.4 Å². The zero-order chi connectivity index (χ0) is 10.0. The molecule has 0 amide bonds. The van der Waals surface area contributed by atoms with Gasteiger partial charge >= 0.3 is 5.97 Å². The number of carboxylic acid groups (broad SMARTS) is 1. The molecule has 1 rings (SSSR count). The first kappa shape index (κ1) is 10.2. The Kier molecular flexibility index (Phi) is 3.07. The largest absolute Gasteiger partial charge is 0.481 e. The fourth-order valence-electron chi connectivity index (χ4n) is 1.92. The Hall–Kier alpha value is -0.860. The third-order valence-corrected chi connectivity index (χ3v) is 2.93. The Balaban J connectivity index is 2.61. The molecule has 0 heterocycles. The molecule has 0 saturated heterocycles. The first-order valence-corrected chi connectivity index (χ1v) is 4.78. The summed E-state index contributed by atoms with van der Waals surface area (Å²) in [6.45, 7) is 3.67. The number of carboxylic acids is 1. The molecule has 0 aromatic heterocycles. The lowest BCUT2D eigenvalue weighted by Crippen LogP contribution is -2.32. The monoisotopic (exact) mass is 184 g/mol. The number of rotatable bonds is 2. The number of aliphatic carboxylic acids is 1. The predicted octanol–water partition coefficient (Wildman–Crippen LogP) is 1.71. The van der Waals surface area contributed by atoms with E-state index >= 15 is 0 Å². The van der Waals surface area contributed by atoms with Gasteiger partial charge in [-0.3, -0.25) is 9.59 Å². The second kappa shape index (κ2) is 3.90. The zero-order valence-corrected chi connectivity index (χ0v) is 8.12. The van der Waals surface area contributed by atoms with Crippen LogP contribution in [0.5, 0.6) is 0 Å². The number of hydrogen-bond acceptors (Lipinski definition) is 2. The number of carbonyl (C=O) groups excluding carboxylic acids is 1. The average molecular weight is 184 g/mol. The molecule has 0 spiro atoms. The van der Waals surface area contributed by atoms with E-state index in [1.165, 1.54) is 0 Å². The molecule has 3 nitrogen and oxygen atoms in total. The second-order valence-corrected chi connectivity index (χ2v) is 4.09. The normalized spacial score (nSPS) is 31.4. The number of ketones is 1. The van der Waals surface area contributed by atoms with Crippen molar-refractivity contribution in [3.05, 3.63) is 0 Å². The highest BCUT2D eigenvalue weighted by Crippen LogP contribution is 2.30. The van der Waals surface area contributed by atoms with Crippen LogP contribution in [0.1, 0.15) is 33.1 Å². The Morgan fingerprint density at radius 1 is 1.54 bits per heavy atom. The summed E-state index contributed by atoms with van der Waals surface area (Å²) in [5, 5.41) is 8.77. The average Bonchev–Trinajstić information content (AvgIpc) is 2.03. The summed E-state index contributed by atoms with van der Waals surface area (Å²) in [5.74, 6) is -1.04. The minimum absolute atomic E-state index is 0.133. The van der Waals surface area contributed by atoms with Crippen molar-refractivity contribution in [1.29, 1.82) is 0 Å². The van der Waals surface area contributed by atoms with Gasteiger partial charge in [-0.2, -0.15) is 0 Å². The zero-order valence-electron chi connectivity index (χ0n) is 8.12. The van der Waals surface area contributed by atoms with Crippen LogP contribution in [-0.2, 0) is 9.59 Å². The van der Waals surface area contributed by atoms with Crippen molar-refractivity contribution in [2.45, 2.75) is 33.1 Å². The summed E-state index contributed by atoms with van der Waals surface area (Å²) in [6, 6.07) is 0. The van der Waals surface area contributed by atoms with E-state index in [2.05, 4.69) is 0 Å². The van der Waals surface area contributed by atoms with Gasteiger partial charge in [0.15, 0.2) is 0 Å². The highest BCUT2D eigenvalue weighted by atomic mass is 16.4. The van der Waals surface area contributed by atoms with Crippen LogP contribution in [0.25, 0.3) is 0 Å². The molecule has 1 aliphatic rings. The molecule has 0 radical (unpaired) electrons. The van der Waals surface area contributed by atoms with Gasteiger partial charge in [0, 0.05) is 12.3 Å². The Morgan fingerprint density at radius 3 is 2.62 bits per heavy atom. The molecule has 3 heteroatoms. The van der Waals surface area contributed by atoms with Crippen LogP contribution in [-0.4, -0.2) is 16.9 Å². The van der Waals surface area contributed by atoms with Crippen molar-refractivity contribution in [2.75, 3.05) is 0 Å². The lowest BCUT2D eigenvalue weighted by atomic mass is 9.76. The van der Waals surface area contributed by atoms with Crippen molar-refractivity contribution in [1.82, 2.24) is 0 Å². The van der Waals surface area contributed by atoms with Crippen molar-refractivity contribution in [2.24, 2.45) is 17.8 Å². The molecule has 0 aromatic rings. The molecule has 1 aliphatic carbocycles. The van der Waals surface area contributed by atoms with Crippen LogP contribution < -0.4 is 0 Å². The molecule has 1 unspecified atom stereocenters. The highest BCUT2D eigenvalue weighted by Gasteiger charge is 2.33. The van der Waals surface area contributed by atoms with Gasteiger partial charge in [-0.1, -0.05) is 13.8 Å². The van der Waals surface area contributed by atoms with E-state index in [-0.39, 0.29) is 11.7 Å². The first-order chi connectivity index (χ1) is 6.02. The third kappa shape index (κ3) is 2.29. The Bertz CT molecular complexity index is 222. The van der Waals surface area contributed by atoms with Gasteiger partial charge in [0.1, 0.15) is 5.78 Å². The molecule has 13 heavy (non-hydrogen) atoms. The number of Topliss-reactive ketones (excluding diaryl/α,β-unsaturated/α-hetero) is 1. The maximum Gasteiger partial charge on any atom is 0.306 e. The maximum atomic E-state index is 11.5. The minimum Gasteiger partial charge on any atom is -0.481 e. The van der Waals surface area contributed by atoms with E-state index in [0.29, 0.717) is 12.3 Å². The minimum atomic E-state index is -0.854. The first-order valence-electron chi connectivity index (χ1n) is 4.78. The van der Waals surface area contributed by atoms with Gasteiger partial charge in [-0.05, 0) is 18.8 Å². The van der Waals surface area contributed by atoms with E-state index in [0.717, 1.165) is 12.8 Å². The predicted molar refractivity (Wildman–Crippen MR) is 48.3 cm³/mol. The smallest absolute Gasteiger partial charge is 0.306 e. The van der Waals surface area contributed by atoms with Gasteiger partial charge < -0.3 is 5.11 Å². The fraction of sp³-hybridized carbons (Fsp3) is 0.800. The molecular formula is C10H16O3. The van der Waals surface area contributed by atoms with E-state index in [9.17, 15) is 9.59 Å². The summed E-state index contributed by atoms with van der Waals surface area (Å²) in [6.07, 6.45) is 2.28. The van der Waals surface area contributed by atoms with Crippen LogP contribution >= 0.6 is 0 Å². The van der Waals surface area contributed by atoms with Crippen LogP contribution in [0.2, 0.25) is 0 Å². The molecule has 0 bridgehead atoms. The molecule has 1 N–H and O–H groups in total. The van der Waals surface area contributed by atoms with E-state index in [1.54, 1.807) is 6.92 Å². The van der Waals surface area contributed by atoms with E-state index < -0.39 is 11.9 Å². The lowest BCUT2D eigenvalue weighted by Gasteiger charge is -2.27. The summed E-state index contributed by atoms with van der Waals surface area (Å²) >= 11 is 0. The van der Waals surface area contributed by atoms with Gasteiger partial charge in [0.25, 0.3) is 0 Å². The van der Waals surface area contributed by atoms with Crippen LogP contribution in [0.15, 0.2) is 0 Å². The van der Waals surface area contributed by atoms with E-state index in [4.69, 9.17) is 5.11 Å². The summed E-state index contributed by atoms with van der Waals surface area (Å²) in [5.41, 5.74) is 0. The molecule has 0 aromatic carbocycles. The number of carbonyl (C=O) groups is 2. The quantitative estimate of drug-likeness (QED) is 0.710. The lowest BCUT2D eigenvalue weighted by molar-refractivity contribution is -0.147. The molecule has 74 valence electrons. The summed E-state index contributed by atoms with van der Waals surface area (Å²) in [4.78, 5) is 22.2. The van der Waals surface area contributed by atoms with Crippen molar-refractivity contribution in [3.63, 3.8) is 0 Å². The molecule has 1 fully saturated rings.